The number of hydrogen-bond acceptors (Lipinski definition) is 5. The molecular formula is C16H19NO4. The van der Waals surface area contributed by atoms with Crippen LogP contribution in [0.15, 0.2) is 30.9 Å². The highest BCUT2D eigenvalue weighted by Crippen LogP contribution is 2.28. The topological polar surface area (TPSA) is 68.5 Å². The van der Waals surface area contributed by atoms with Crippen LogP contribution in [0.1, 0.15) is 25.8 Å². The van der Waals surface area contributed by atoms with Crippen LogP contribution in [-0.4, -0.2) is 25.3 Å². The molecule has 0 fully saturated rings. The molecule has 21 heavy (non-hydrogen) atoms. The summed E-state index contributed by atoms with van der Waals surface area (Å²) in [5.74, 6) is 0.132. The number of nitriles is 1. The van der Waals surface area contributed by atoms with Gasteiger partial charge in [-0.15, -0.1) is 6.58 Å². The first-order chi connectivity index (χ1) is 10.1. The van der Waals surface area contributed by atoms with Crippen molar-refractivity contribution in [2.45, 2.75) is 26.4 Å². The lowest BCUT2D eigenvalue weighted by Gasteiger charge is -2.14. The predicted octanol–water partition coefficient (Wildman–Crippen LogP) is 2.84. The van der Waals surface area contributed by atoms with Gasteiger partial charge in [-0.05, 0) is 32.4 Å². The molecular weight excluding hydrogens is 270 g/mol. The molecule has 0 aliphatic rings. The van der Waals surface area contributed by atoms with Crippen molar-refractivity contribution in [1.82, 2.24) is 0 Å². The number of carbonyl (C=O) groups excluding carboxylic acids is 1. The largest absolute Gasteiger partial charge is 0.490 e. The van der Waals surface area contributed by atoms with Gasteiger partial charge in [0.25, 0.3) is 0 Å². The van der Waals surface area contributed by atoms with Crippen molar-refractivity contribution in [2.75, 3.05) is 13.2 Å². The van der Waals surface area contributed by atoms with Gasteiger partial charge in [0.05, 0.1) is 24.8 Å². The standard InChI is InChI=1S/C16H19NO4/c1-4-6-9-20-12(3)16(18)21-14-8-7-13(11-17)10-15(14)19-5-2/h4,7-8,10,12H,1,5-6,9H2,2-3H3. The molecule has 0 aromatic heterocycles. The van der Waals surface area contributed by atoms with E-state index in [-0.39, 0.29) is 5.75 Å². The molecule has 0 heterocycles. The molecule has 112 valence electrons. The molecule has 1 atom stereocenters. The van der Waals surface area contributed by atoms with E-state index in [1.807, 2.05) is 13.0 Å². The Bertz CT molecular complexity index is 534. The van der Waals surface area contributed by atoms with E-state index in [9.17, 15) is 4.79 Å². The summed E-state index contributed by atoms with van der Waals surface area (Å²) in [7, 11) is 0. The number of ether oxygens (including phenoxy) is 3. The first kappa shape index (κ1) is 16.7. The second-order valence-electron chi connectivity index (χ2n) is 4.22. The van der Waals surface area contributed by atoms with Crippen LogP contribution in [0.5, 0.6) is 11.5 Å². The smallest absolute Gasteiger partial charge is 0.340 e. The van der Waals surface area contributed by atoms with Crippen LogP contribution in [0, 0.1) is 11.3 Å². The van der Waals surface area contributed by atoms with Gasteiger partial charge in [-0.3, -0.25) is 0 Å². The molecule has 1 aromatic rings. The van der Waals surface area contributed by atoms with E-state index in [4.69, 9.17) is 19.5 Å². The van der Waals surface area contributed by atoms with E-state index in [1.54, 1.807) is 19.1 Å². The van der Waals surface area contributed by atoms with Gasteiger partial charge >= 0.3 is 5.97 Å². The Morgan fingerprint density at radius 1 is 1.48 bits per heavy atom. The highest BCUT2D eigenvalue weighted by atomic mass is 16.6. The summed E-state index contributed by atoms with van der Waals surface area (Å²) in [4.78, 5) is 11.9. The van der Waals surface area contributed by atoms with Crippen LogP contribution < -0.4 is 9.47 Å². The van der Waals surface area contributed by atoms with Gasteiger partial charge in [-0.1, -0.05) is 6.08 Å². The van der Waals surface area contributed by atoms with Gasteiger partial charge < -0.3 is 14.2 Å². The number of rotatable bonds is 8. The van der Waals surface area contributed by atoms with Crippen molar-refractivity contribution in [1.29, 1.82) is 5.26 Å². The van der Waals surface area contributed by atoms with Gasteiger partial charge in [-0.2, -0.15) is 5.26 Å². The molecule has 0 aliphatic carbocycles. The van der Waals surface area contributed by atoms with Gasteiger partial charge in [0.1, 0.15) is 0 Å². The van der Waals surface area contributed by atoms with E-state index in [0.717, 1.165) is 0 Å². The third kappa shape index (κ3) is 5.28. The molecule has 0 saturated carbocycles. The summed E-state index contributed by atoms with van der Waals surface area (Å²) in [5.41, 5.74) is 0.438. The Morgan fingerprint density at radius 3 is 2.86 bits per heavy atom. The van der Waals surface area contributed by atoms with Crippen LogP contribution in [0.3, 0.4) is 0 Å². The normalized spacial score (nSPS) is 11.3. The summed E-state index contributed by atoms with van der Waals surface area (Å²) in [6, 6.07) is 6.65. The molecule has 0 spiro atoms. The van der Waals surface area contributed by atoms with E-state index in [1.165, 1.54) is 12.1 Å². The highest BCUT2D eigenvalue weighted by Gasteiger charge is 2.18. The Balaban J connectivity index is 2.74. The number of benzene rings is 1. The zero-order chi connectivity index (χ0) is 15.7. The summed E-state index contributed by atoms with van der Waals surface area (Å²) < 4.78 is 16.0. The fourth-order valence-corrected chi connectivity index (χ4v) is 1.52. The number of esters is 1. The lowest BCUT2D eigenvalue weighted by molar-refractivity contribution is -0.146. The Labute approximate surface area is 124 Å². The minimum absolute atomic E-state index is 0.278. The number of carbonyl (C=O) groups is 1. The third-order valence-corrected chi connectivity index (χ3v) is 2.60. The van der Waals surface area contributed by atoms with E-state index < -0.39 is 12.1 Å². The predicted molar refractivity (Wildman–Crippen MR) is 78.2 cm³/mol. The minimum atomic E-state index is -0.685. The molecule has 0 amide bonds. The second-order valence-corrected chi connectivity index (χ2v) is 4.22. The lowest BCUT2D eigenvalue weighted by atomic mass is 10.2. The molecule has 0 radical (unpaired) electrons. The molecule has 5 nitrogen and oxygen atoms in total. The molecule has 0 saturated heterocycles. The molecule has 0 N–H and O–H groups in total. The lowest BCUT2D eigenvalue weighted by Crippen LogP contribution is -2.26. The van der Waals surface area contributed by atoms with Crippen molar-refractivity contribution < 1.29 is 19.0 Å². The first-order valence-electron chi connectivity index (χ1n) is 6.73. The van der Waals surface area contributed by atoms with Gasteiger partial charge in [0.15, 0.2) is 17.6 Å². The summed E-state index contributed by atoms with van der Waals surface area (Å²) in [6.45, 7) is 7.83. The Kier molecular flexibility index (Phi) is 6.99. The summed E-state index contributed by atoms with van der Waals surface area (Å²) in [5, 5.41) is 8.87. The van der Waals surface area contributed by atoms with Crippen molar-refractivity contribution in [3.63, 3.8) is 0 Å². The second kappa shape index (κ2) is 8.77. The van der Waals surface area contributed by atoms with Crippen molar-refractivity contribution >= 4 is 5.97 Å². The quantitative estimate of drug-likeness (QED) is 0.318. The monoisotopic (exact) mass is 289 g/mol. The molecule has 0 bridgehead atoms. The fraction of sp³-hybridized carbons (Fsp3) is 0.375. The number of hydrogen-bond donors (Lipinski definition) is 0. The van der Waals surface area contributed by atoms with Crippen molar-refractivity contribution in [3.8, 4) is 17.6 Å². The maximum atomic E-state index is 11.9. The average Bonchev–Trinajstić information content (AvgIpc) is 2.49. The molecule has 1 unspecified atom stereocenters. The fourth-order valence-electron chi connectivity index (χ4n) is 1.52. The maximum Gasteiger partial charge on any atom is 0.340 e. The zero-order valence-electron chi connectivity index (χ0n) is 12.3. The molecule has 0 aliphatic heterocycles. The van der Waals surface area contributed by atoms with Crippen molar-refractivity contribution in [3.05, 3.63) is 36.4 Å². The Hall–Kier alpha value is -2.32. The van der Waals surface area contributed by atoms with Crippen LogP contribution in [0.4, 0.5) is 0 Å². The molecule has 5 heteroatoms. The molecule has 1 rings (SSSR count). The minimum Gasteiger partial charge on any atom is -0.490 e. The van der Waals surface area contributed by atoms with Crippen LogP contribution in [0.2, 0.25) is 0 Å². The summed E-state index contributed by atoms with van der Waals surface area (Å²) in [6.07, 6.45) is 1.69. The van der Waals surface area contributed by atoms with Crippen molar-refractivity contribution in [2.24, 2.45) is 0 Å². The Morgan fingerprint density at radius 2 is 2.24 bits per heavy atom. The molecule has 1 aromatic carbocycles. The van der Waals surface area contributed by atoms with Crippen LogP contribution in [0.25, 0.3) is 0 Å². The average molecular weight is 289 g/mol. The summed E-state index contributed by atoms with van der Waals surface area (Å²) >= 11 is 0. The van der Waals surface area contributed by atoms with E-state index in [0.29, 0.717) is 30.9 Å². The zero-order valence-corrected chi connectivity index (χ0v) is 12.3. The van der Waals surface area contributed by atoms with E-state index in [2.05, 4.69) is 6.58 Å². The number of nitrogens with zero attached hydrogens (tertiary/aromatic N) is 1. The maximum absolute atomic E-state index is 11.9. The highest BCUT2D eigenvalue weighted by molar-refractivity contribution is 5.77. The SMILES string of the molecule is C=CCCOC(C)C(=O)Oc1ccc(C#N)cc1OCC. The first-order valence-corrected chi connectivity index (χ1v) is 6.73. The van der Waals surface area contributed by atoms with Gasteiger partial charge in [-0.25, -0.2) is 4.79 Å². The van der Waals surface area contributed by atoms with Gasteiger partial charge in [0, 0.05) is 6.07 Å². The van der Waals surface area contributed by atoms with E-state index >= 15 is 0 Å². The third-order valence-electron chi connectivity index (χ3n) is 2.60. The van der Waals surface area contributed by atoms with Crippen LogP contribution in [-0.2, 0) is 9.53 Å². The van der Waals surface area contributed by atoms with Gasteiger partial charge in [0.2, 0.25) is 0 Å². The van der Waals surface area contributed by atoms with Crippen LogP contribution >= 0.6 is 0 Å².